The van der Waals surface area contributed by atoms with Crippen molar-refractivity contribution in [1.82, 2.24) is 0 Å². The van der Waals surface area contributed by atoms with Crippen molar-refractivity contribution in [3.05, 3.63) is 65.5 Å². The van der Waals surface area contributed by atoms with Gasteiger partial charge in [0.1, 0.15) is 29.7 Å². The van der Waals surface area contributed by atoms with Gasteiger partial charge in [0.2, 0.25) is 0 Å². The second kappa shape index (κ2) is 13.7. The maximum Gasteiger partial charge on any atom is 0.331 e. The predicted molar refractivity (Wildman–Crippen MR) is 173 cm³/mol. The van der Waals surface area contributed by atoms with E-state index in [1.54, 1.807) is 33.8 Å². The normalized spacial score (nSPS) is 32.6. The van der Waals surface area contributed by atoms with E-state index in [1.165, 1.54) is 33.8 Å². The van der Waals surface area contributed by atoms with Crippen LogP contribution < -0.4 is 0 Å². The third-order valence-corrected chi connectivity index (χ3v) is 10.5. The number of allylic oxidation sites excluding steroid dienone is 1. The van der Waals surface area contributed by atoms with Crippen molar-refractivity contribution in [3.8, 4) is 0 Å². The highest BCUT2D eigenvalue weighted by Crippen LogP contribution is 2.63. The van der Waals surface area contributed by atoms with Crippen LogP contribution in [0.5, 0.6) is 0 Å². The Morgan fingerprint density at radius 3 is 2.00 bits per heavy atom. The van der Waals surface area contributed by atoms with Gasteiger partial charge >= 0.3 is 29.8 Å². The molecule has 0 spiro atoms. The van der Waals surface area contributed by atoms with E-state index in [2.05, 4.69) is 6.58 Å². The van der Waals surface area contributed by atoms with Gasteiger partial charge in [0.25, 0.3) is 0 Å². The van der Waals surface area contributed by atoms with E-state index >= 15 is 0 Å². The van der Waals surface area contributed by atoms with Gasteiger partial charge in [-0.05, 0) is 37.0 Å². The van der Waals surface area contributed by atoms with Crippen LogP contribution in [0.25, 0.3) is 6.08 Å². The maximum absolute atomic E-state index is 13.1. The molecule has 3 aliphatic carbocycles. The highest BCUT2D eigenvalue weighted by molar-refractivity contribution is 5.87. The lowest BCUT2D eigenvalue weighted by Crippen LogP contribution is -2.73. The predicted octanol–water partition coefficient (Wildman–Crippen LogP) is 5.01. The molecule has 11 heteroatoms. The molecule has 4 rings (SSSR count). The molecule has 0 saturated heterocycles. The summed E-state index contributed by atoms with van der Waals surface area (Å²) in [7, 11) is 0. The van der Waals surface area contributed by atoms with Crippen molar-refractivity contribution in [2.24, 2.45) is 22.7 Å². The molecule has 2 fully saturated rings. The Morgan fingerprint density at radius 1 is 0.854 bits per heavy atom. The van der Waals surface area contributed by atoms with Crippen LogP contribution in [0.4, 0.5) is 0 Å². The van der Waals surface area contributed by atoms with Crippen LogP contribution in [0.1, 0.15) is 80.2 Å². The van der Waals surface area contributed by atoms with Crippen LogP contribution in [0.2, 0.25) is 0 Å². The smallest absolute Gasteiger partial charge is 0.331 e. The minimum absolute atomic E-state index is 0.0633. The molecular formula is C37H46O11. The molecule has 2 saturated carbocycles. The van der Waals surface area contributed by atoms with Crippen LogP contribution in [-0.4, -0.2) is 65.0 Å². The molecule has 8 unspecified atom stereocenters. The van der Waals surface area contributed by atoms with Gasteiger partial charge in [-0.1, -0.05) is 57.7 Å². The van der Waals surface area contributed by atoms with E-state index < -0.39 is 82.5 Å². The van der Waals surface area contributed by atoms with Crippen LogP contribution in [0.15, 0.2) is 59.9 Å². The number of hydrogen-bond donors (Lipinski definition) is 1. The van der Waals surface area contributed by atoms with Crippen LogP contribution >= 0.6 is 0 Å². The van der Waals surface area contributed by atoms with E-state index in [4.69, 9.17) is 23.7 Å². The topological polar surface area (TPSA) is 152 Å². The number of fused-ring (bicyclic) bond motifs is 3. The largest absolute Gasteiger partial charge is 0.462 e. The second-order valence-corrected chi connectivity index (χ2v) is 13.8. The summed E-state index contributed by atoms with van der Waals surface area (Å²) < 4.78 is 29.7. The van der Waals surface area contributed by atoms with Gasteiger partial charge < -0.3 is 28.8 Å². The third-order valence-electron chi connectivity index (χ3n) is 10.5. The van der Waals surface area contributed by atoms with Crippen molar-refractivity contribution < 1.29 is 52.8 Å². The Bertz CT molecular complexity index is 1540. The molecule has 1 aromatic carbocycles. The minimum Gasteiger partial charge on any atom is -0.462 e. The fourth-order valence-electron chi connectivity index (χ4n) is 8.18. The number of benzene rings is 1. The summed E-state index contributed by atoms with van der Waals surface area (Å²) in [5.41, 5.74) is -3.09. The van der Waals surface area contributed by atoms with Gasteiger partial charge in [-0.15, -0.1) is 0 Å². The summed E-state index contributed by atoms with van der Waals surface area (Å²) in [5, 5.41) is 13.0. The van der Waals surface area contributed by atoms with Crippen molar-refractivity contribution in [1.29, 1.82) is 0 Å². The fourth-order valence-corrected chi connectivity index (χ4v) is 8.18. The SMILES string of the molecule is C=C1C(OC(=O)C=Cc2ccccc2)CCC2(C)C(OC(C)=O)C(OC(C)=O)C3(O)C(C)=C(OC(C)=O)CC(C(OC(C)=O)C12)C3(C)C. The molecule has 2 bridgehead atoms. The zero-order chi connectivity index (χ0) is 35.8. The molecule has 48 heavy (non-hydrogen) atoms. The number of carbonyl (C=O) groups excluding carboxylic acids is 5. The quantitative estimate of drug-likeness (QED) is 0.181. The number of aliphatic hydroxyl groups is 1. The number of rotatable bonds is 7. The monoisotopic (exact) mass is 666 g/mol. The molecule has 11 nitrogen and oxygen atoms in total. The lowest BCUT2D eigenvalue weighted by molar-refractivity contribution is -0.263. The lowest BCUT2D eigenvalue weighted by Gasteiger charge is -2.63. The number of esters is 5. The van der Waals surface area contributed by atoms with E-state index in [1.807, 2.05) is 30.3 Å². The Kier molecular flexibility index (Phi) is 10.4. The molecular weight excluding hydrogens is 620 g/mol. The zero-order valence-electron chi connectivity index (χ0n) is 28.9. The van der Waals surface area contributed by atoms with Gasteiger partial charge in [0.05, 0.1) is 0 Å². The molecule has 3 aliphatic rings. The molecule has 1 N–H and O–H groups in total. The van der Waals surface area contributed by atoms with E-state index in [9.17, 15) is 29.1 Å². The van der Waals surface area contributed by atoms with E-state index in [-0.39, 0.29) is 30.6 Å². The molecule has 0 aromatic heterocycles. The Hall–Kier alpha value is -4.25. The van der Waals surface area contributed by atoms with Gasteiger partial charge in [-0.2, -0.15) is 0 Å². The first-order chi connectivity index (χ1) is 22.3. The summed E-state index contributed by atoms with van der Waals surface area (Å²) in [4.78, 5) is 63.8. The maximum atomic E-state index is 13.1. The molecule has 1 aromatic rings. The average Bonchev–Trinajstić information content (AvgIpc) is 2.99. The Balaban J connectivity index is 1.94. The van der Waals surface area contributed by atoms with Crippen molar-refractivity contribution >= 4 is 35.9 Å². The van der Waals surface area contributed by atoms with Gasteiger partial charge in [0, 0.05) is 68.4 Å². The molecule has 0 amide bonds. The Morgan fingerprint density at radius 2 is 1.44 bits per heavy atom. The average molecular weight is 667 g/mol. The van der Waals surface area contributed by atoms with Gasteiger partial charge in [-0.25, -0.2) is 4.79 Å². The van der Waals surface area contributed by atoms with E-state index in [0.717, 1.165) is 5.56 Å². The molecule has 0 heterocycles. The molecule has 8 atom stereocenters. The summed E-state index contributed by atoms with van der Waals surface area (Å²) >= 11 is 0. The summed E-state index contributed by atoms with van der Waals surface area (Å²) in [5.74, 6) is -4.81. The van der Waals surface area contributed by atoms with Crippen LogP contribution in [0.3, 0.4) is 0 Å². The van der Waals surface area contributed by atoms with Crippen LogP contribution in [-0.2, 0) is 47.7 Å². The second-order valence-electron chi connectivity index (χ2n) is 13.8. The summed E-state index contributed by atoms with van der Waals surface area (Å²) in [6.07, 6.45) is -1.19. The lowest BCUT2D eigenvalue weighted by atomic mass is 9.46. The summed E-state index contributed by atoms with van der Waals surface area (Å²) in [6.45, 7) is 16.1. The number of hydrogen-bond acceptors (Lipinski definition) is 11. The zero-order valence-corrected chi connectivity index (χ0v) is 28.9. The van der Waals surface area contributed by atoms with Crippen molar-refractivity contribution in [2.75, 3.05) is 0 Å². The molecule has 0 radical (unpaired) electrons. The standard InChI is InChI=1S/C37H46O11/c1-20-28(48-30(42)16-15-26-13-11-10-12-14-26)17-18-36(9)31(20)32(45-23(4)39)27-19-29(44-22(3)38)21(2)37(43,35(27,7)8)34(47-25(6)41)33(36)46-24(5)40/h10-16,27-28,31-34,43H,1,17-19H2,2-9H3. The van der Waals surface area contributed by atoms with Gasteiger partial charge in [-0.3, -0.25) is 19.2 Å². The molecule has 0 aliphatic heterocycles. The summed E-state index contributed by atoms with van der Waals surface area (Å²) in [6, 6.07) is 9.24. The Labute approximate surface area is 281 Å². The van der Waals surface area contributed by atoms with Crippen LogP contribution in [0, 0.1) is 22.7 Å². The fraction of sp³-hybridized carbons (Fsp3) is 0.541. The van der Waals surface area contributed by atoms with Crippen molar-refractivity contribution in [3.63, 3.8) is 0 Å². The first-order valence-corrected chi connectivity index (χ1v) is 16.1. The molecule has 260 valence electrons. The van der Waals surface area contributed by atoms with Gasteiger partial charge in [0.15, 0.2) is 6.10 Å². The third kappa shape index (κ3) is 6.70. The first-order valence-electron chi connectivity index (χ1n) is 16.1. The first kappa shape index (κ1) is 36.6. The van der Waals surface area contributed by atoms with Crippen molar-refractivity contribution in [2.45, 2.75) is 105 Å². The minimum atomic E-state index is -2.08. The highest BCUT2D eigenvalue weighted by atomic mass is 16.6. The number of carbonyl (C=O) groups is 5. The highest BCUT2D eigenvalue weighted by Gasteiger charge is 2.71. The number of ether oxygens (including phenoxy) is 5. The van der Waals surface area contributed by atoms with E-state index in [0.29, 0.717) is 5.57 Å².